The quantitative estimate of drug-likeness (QED) is 0.0170. The van der Waals surface area contributed by atoms with E-state index in [-0.39, 0.29) is 110 Å². The topological polar surface area (TPSA) is 405 Å². The summed E-state index contributed by atoms with van der Waals surface area (Å²) in [5, 5.41) is 13.0. The normalized spacial score (nSPS) is 20.3. The first-order valence-corrected chi connectivity index (χ1v) is 30.2. The molecule has 1 aromatic heterocycles. The van der Waals surface area contributed by atoms with Crippen LogP contribution in [-0.2, 0) is 67.4 Å². The maximum atomic E-state index is 12.8. The number of phosphoric ester groups is 1. The zero-order valence-electron chi connectivity index (χ0n) is 45.1. The van der Waals surface area contributed by atoms with Gasteiger partial charge in [-0.1, -0.05) is 56.0 Å². The summed E-state index contributed by atoms with van der Waals surface area (Å²) in [7, 11) is -27.9. The number of amides is 1. The Morgan fingerprint density at radius 2 is 1.51 bits per heavy atom. The number of aliphatic hydroxyl groups excluding tert-OH is 1. The van der Waals surface area contributed by atoms with Crippen LogP contribution in [0.25, 0.3) is 0 Å². The number of unbranched alkanes of at least 4 members (excludes halogenated alkanes) is 2. The Balaban J connectivity index is 0.00000547. The third-order valence-electron chi connectivity index (χ3n) is 12.5. The Labute approximate surface area is 509 Å². The van der Waals surface area contributed by atoms with Crippen molar-refractivity contribution in [3.8, 4) is 11.8 Å². The van der Waals surface area contributed by atoms with E-state index < -0.39 is 97.2 Å². The van der Waals surface area contributed by atoms with Crippen molar-refractivity contribution in [2.24, 2.45) is 0 Å². The maximum Gasteiger partial charge on any atom is 1.00 e. The van der Waals surface area contributed by atoms with Crippen LogP contribution in [0.2, 0.25) is 0 Å². The minimum atomic E-state index is -6.25. The molecule has 5 unspecified atom stereocenters. The predicted molar refractivity (Wildman–Crippen MR) is 259 cm³/mol. The average molecular weight is 1180 g/mol. The number of H-pyrrole nitrogens is 1. The van der Waals surface area contributed by atoms with Crippen molar-refractivity contribution < 1.29 is 167 Å². The fourth-order valence-electron chi connectivity index (χ4n) is 8.96. The Morgan fingerprint density at radius 3 is 2.12 bits per heavy atom. The first-order chi connectivity index (χ1) is 35.1. The molecule has 26 nitrogen and oxygen atoms in total. The van der Waals surface area contributed by atoms with Gasteiger partial charge in [0, 0.05) is 66.5 Å². The summed E-state index contributed by atoms with van der Waals surface area (Å²) in [6.07, 6.45) is 6.98. The second-order valence-corrected chi connectivity index (χ2v) is 25.4. The zero-order chi connectivity index (χ0) is 56.4. The number of anilines is 1. The molecule has 3 aromatic rings. The minimum Gasteiger partial charge on any atom is -0.790 e. The predicted octanol–water partition coefficient (Wildman–Crippen LogP) is -11.3. The van der Waals surface area contributed by atoms with Crippen LogP contribution in [0.15, 0.2) is 98.1 Å². The van der Waals surface area contributed by atoms with Crippen LogP contribution in [0.3, 0.4) is 0 Å². The third kappa shape index (κ3) is 18.4. The number of carbonyl (C=O) groups is 1. The number of ether oxygens (including phenoxy) is 1. The Morgan fingerprint density at radius 1 is 0.887 bits per heavy atom. The van der Waals surface area contributed by atoms with E-state index in [9.17, 15) is 78.7 Å². The van der Waals surface area contributed by atoms with Crippen LogP contribution in [0.5, 0.6) is 0 Å². The van der Waals surface area contributed by atoms with Gasteiger partial charge in [-0.3, -0.25) is 32.6 Å². The monoisotopic (exact) mass is 1180 g/mol. The molecule has 4 heterocycles. The molecule has 35 heteroatoms. The van der Waals surface area contributed by atoms with Gasteiger partial charge in [0.1, 0.15) is 44.7 Å². The number of aromatic amines is 1. The molecule has 6 rings (SSSR count). The zero-order valence-corrected chi connectivity index (χ0v) is 49.5. The first kappa shape index (κ1) is 73.5. The van der Waals surface area contributed by atoms with Crippen LogP contribution >= 0.6 is 23.5 Å². The number of hydrogen-bond acceptors (Lipinski definition) is 22. The van der Waals surface area contributed by atoms with Crippen LogP contribution < -0.4 is 116 Å². The van der Waals surface area contributed by atoms with E-state index in [1.54, 1.807) is 12.1 Å². The summed E-state index contributed by atoms with van der Waals surface area (Å²) >= 11 is 0. The molecule has 3 N–H and O–H groups in total. The molecule has 80 heavy (non-hydrogen) atoms. The molecule has 1 amide bonds. The number of nitrogens with zero attached hydrogens (tertiary/aromatic N) is 3. The van der Waals surface area contributed by atoms with Crippen molar-refractivity contribution >= 4 is 66.7 Å². The van der Waals surface area contributed by atoms with E-state index in [0.717, 1.165) is 33.3 Å². The molecule has 0 bridgehead atoms. The van der Waals surface area contributed by atoms with E-state index in [0.29, 0.717) is 43.7 Å². The Bertz CT molecular complexity index is 3500. The number of carbonyl (C=O) groups excluding carboxylic acids is 1. The number of likely N-dealkylation sites (N-methyl/N-ethyl adjacent to an activating group) is 1. The number of fused-ring (bicyclic) bond motifs is 2. The second kappa shape index (κ2) is 29.0. The van der Waals surface area contributed by atoms with Crippen molar-refractivity contribution in [3.05, 3.63) is 116 Å². The number of aromatic nitrogens is 2. The molecule has 3 aliphatic heterocycles. The fourth-order valence-corrected chi connectivity index (χ4v) is 12.8. The molecule has 0 saturated carbocycles. The minimum absolute atomic E-state index is 0. The Hall–Kier alpha value is -2.62. The summed E-state index contributed by atoms with van der Waals surface area (Å²) in [6.45, 7) is 9.38. The van der Waals surface area contributed by atoms with Gasteiger partial charge in [0.2, 0.25) is 11.6 Å². The number of aliphatic hydroxyl groups is 1. The summed E-state index contributed by atoms with van der Waals surface area (Å²) in [6, 6.07) is 8.61. The second-order valence-electron chi connectivity index (χ2n) is 18.4. The summed E-state index contributed by atoms with van der Waals surface area (Å²) < 4.78 is 125. The van der Waals surface area contributed by atoms with E-state index >= 15 is 0 Å². The van der Waals surface area contributed by atoms with Crippen LogP contribution in [0.1, 0.15) is 89.6 Å². The SMILES string of the molecule is CCN1C(=CC=CC=CC2=[N+](CCCCCC(=O)NCC#Cc3cn(C4CC(O)C(COP(=O)([O-])OP(=O)([O-])OP(=O)([O-])[O-])O4)c(=O)[nH]c3=O)c3cc(S(=O)(=O)[O-])ccc3C2(C)C)C(C)(C)c2ccc(S(=O)(=O)[O-])cc21.[Li+].[Li+].[Li+].[Li+]. The molecule has 0 aliphatic carbocycles. The summed E-state index contributed by atoms with van der Waals surface area (Å²) in [4.78, 5) is 85.6. The van der Waals surface area contributed by atoms with Crippen molar-refractivity contribution in [1.29, 1.82) is 0 Å². The number of benzene rings is 2. The summed E-state index contributed by atoms with van der Waals surface area (Å²) in [5.41, 5.74) is 1.11. The van der Waals surface area contributed by atoms with Gasteiger partial charge in [0.05, 0.1) is 42.3 Å². The van der Waals surface area contributed by atoms with Crippen molar-refractivity contribution in [3.63, 3.8) is 0 Å². The molecule has 1 fully saturated rings. The van der Waals surface area contributed by atoms with Crippen LogP contribution in [-0.4, -0.2) is 95.2 Å². The summed E-state index contributed by atoms with van der Waals surface area (Å²) in [5.74, 6) is 4.72. The number of allylic oxidation sites excluding steroid dienone is 6. The standard InChI is InChI=1S/C45H56N5O21P3S2.4Li/c1-6-48-34-24-30(75(62,63)64)18-20-32(34)44(2,3)38(48)15-9-7-10-16-39-45(4,5)33-21-19-31(76(65,66)67)25-35(33)49(39)23-12-8-11-17-40(52)46-22-13-14-29-27-50(43(54)47-42(29)53)41-26-36(51)37(69-41)28-68-73(58,59)71-74(60,61)70-72(55,56)57;;;;/h7,9-10,15-16,18-21,24-25,27,36-37,41,51H,6,8,11-12,17,22-23,26,28H2,1-5H3,(H7-,46,47,52,53,54,55,56,57,58,59,60,61,62,63,64,65,66,67);;;;/q;4*+1/p-5. The molecule has 2 aromatic carbocycles. The molecule has 5 atom stereocenters. The molecular formula is C45H51Li4N5O21P3S2-. The first-order valence-electron chi connectivity index (χ1n) is 23.0. The van der Waals surface area contributed by atoms with Gasteiger partial charge in [-0.15, -0.1) is 0 Å². The van der Waals surface area contributed by atoms with E-state index in [1.807, 2.05) is 79.5 Å². The van der Waals surface area contributed by atoms with Crippen LogP contribution in [0, 0.1) is 11.8 Å². The van der Waals surface area contributed by atoms with Crippen molar-refractivity contribution in [2.45, 2.75) is 106 Å². The molecule has 3 aliphatic rings. The van der Waals surface area contributed by atoms with E-state index in [2.05, 4.69) is 30.3 Å². The molecular weight excluding hydrogens is 1130 g/mol. The smallest absolute Gasteiger partial charge is 0.790 e. The van der Waals surface area contributed by atoms with Gasteiger partial charge in [0.15, 0.2) is 5.71 Å². The van der Waals surface area contributed by atoms with Gasteiger partial charge in [-0.2, -0.15) is 4.58 Å². The number of rotatable bonds is 21. The number of phosphoric acid groups is 3. The largest absolute Gasteiger partial charge is 1.00 e. The van der Waals surface area contributed by atoms with E-state index in [1.165, 1.54) is 24.3 Å². The van der Waals surface area contributed by atoms with Gasteiger partial charge in [-0.05, 0) is 63.5 Å². The average Bonchev–Trinajstić information content (AvgIpc) is 3.84. The third-order valence-corrected chi connectivity index (χ3v) is 17.8. The Kier molecular flexibility index (Phi) is 26.6. The molecule has 414 valence electrons. The number of hydrogen-bond donors (Lipinski definition) is 3. The van der Waals surface area contributed by atoms with E-state index in [4.69, 9.17) is 4.74 Å². The molecule has 0 spiro atoms. The van der Waals surface area contributed by atoms with Crippen molar-refractivity contribution in [1.82, 2.24) is 14.9 Å². The maximum absolute atomic E-state index is 12.8. The molecule has 0 radical (unpaired) electrons. The molecule has 1 saturated heterocycles. The van der Waals surface area contributed by atoms with Crippen molar-refractivity contribution in [2.75, 3.05) is 31.1 Å². The van der Waals surface area contributed by atoms with Gasteiger partial charge >= 0.3 is 81.1 Å². The van der Waals surface area contributed by atoms with Crippen LogP contribution in [0.4, 0.5) is 11.4 Å². The number of nitrogens with one attached hydrogen (secondary N) is 2. The fraction of sp³-hybridized carbons (Fsp3) is 0.422. The van der Waals surface area contributed by atoms with Gasteiger partial charge in [0.25, 0.3) is 21.2 Å². The van der Waals surface area contributed by atoms with Gasteiger partial charge in [-0.25, -0.2) is 25.9 Å². The van der Waals surface area contributed by atoms with Gasteiger partial charge < -0.3 is 57.8 Å².